The monoisotopic (exact) mass is 345 g/mol. The molecule has 0 saturated carbocycles. The van der Waals surface area contributed by atoms with E-state index in [-0.39, 0.29) is 5.56 Å². The van der Waals surface area contributed by atoms with E-state index in [0.717, 1.165) is 16.3 Å². The van der Waals surface area contributed by atoms with Crippen LogP contribution in [0.5, 0.6) is 0 Å². The molecule has 1 unspecified atom stereocenters. The molecular weight excluding hydrogens is 330 g/mol. The summed E-state index contributed by atoms with van der Waals surface area (Å²) < 4.78 is 0. The first-order valence-corrected chi connectivity index (χ1v) is 8.68. The van der Waals surface area contributed by atoms with E-state index in [1.165, 1.54) is 11.8 Å². The summed E-state index contributed by atoms with van der Waals surface area (Å²) >= 11 is 1.27. The van der Waals surface area contributed by atoms with Gasteiger partial charge in [-0.05, 0) is 23.3 Å². The van der Waals surface area contributed by atoms with E-state index in [9.17, 15) is 10.1 Å². The van der Waals surface area contributed by atoms with Crippen molar-refractivity contribution in [2.45, 2.75) is 18.0 Å². The Labute approximate surface area is 149 Å². The van der Waals surface area contributed by atoms with Crippen molar-refractivity contribution >= 4 is 22.5 Å². The Morgan fingerprint density at radius 3 is 2.80 bits per heavy atom. The van der Waals surface area contributed by atoms with Gasteiger partial charge < -0.3 is 4.98 Å². The molecule has 0 aliphatic heterocycles. The predicted molar refractivity (Wildman–Crippen MR) is 101 cm³/mol. The third-order valence-corrected chi connectivity index (χ3v) is 4.77. The Kier molecular flexibility index (Phi) is 4.88. The summed E-state index contributed by atoms with van der Waals surface area (Å²) in [6.07, 6.45) is 5.28. The lowest BCUT2D eigenvalue weighted by atomic mass is 9.90. The van der Waals surface area contributed by atoms with Gasteiger partial charge in [-0.15, -0.1) is 6.42 Å². The average molecular weight is 345 g/mol. The number of rotatable bonds is 4. The van der Waals surface area contributed by atoms with Gasteiger partial charge in [0, 0.05) is 5.56 Å². The van der Waals surface area contributed by atoms with Crippen molar-refractivity contribution < 1.29 is 0 Å². The van der Waals surface area contributed by atoms with Crippen LogP contribution in [0.25, 0.3) is 10.8 Å². The Balaban J connectivity index is 2.19. The van der Waals surface area contributed by atoms with Crippen molar-refractivity contribution in [1.82, 2.24) is 9.97 Å². The molecule has 0 amide bonds. The SMILES string of the molecule is C#CCSc1nc(C(C#N)c2cccc3ccccc23)c(C)c(=O)[nH]1. The van der Waals surface area contributed by atoms with Gasteiger partial charge in [0.1, 0.15) is 5.92 Å². The molecule has 3 rings (SSSR count). The Morgan fingerprint density at radius 1 is 1.28 bits per heavy atom. The maximum Gasteiger partial charge on any atom is 0.254 e. The average Bonchev–Trinajstić information content (AvgIpc) is 2.64. The van der Waals surface area contributed by atoms with Crippen LogP contribution < -0.4 is 5.56 Å². The maximum atomic E-state index is 12.3. The number of hydrogen-bond acceptors (Lipinski definition) is 4. The lowest BCUT2D eigenvalue weighted by Gasteiger charge is -2.15. The molecule has 25 heavy (non-hydrogen) atoms. The molecule has 0 aliphatic rings. The highest BCUT2D eigenvalue weighted by Crippen LogP contribution is 2.30. The smallest absolute Gasteiger partial charge is 0.254 e. The van der Waals surface area contributed by atoms with Crippen LogP contribution in [0.3, 0.4) is 0 Å². The molecule has 122 valence electrons. The minimum Gasteiger partial charge on any atom is -0.301 e. The first-order chi connectivity index (χ1) is 12.2. The molecule has 0 saturated heterocycles. The summed E-state index contributed by atoms with van der Waals surface area (Å²) in [6.45, 7) is 1.69. The highest BCUT2D eigenvalue weighted by atomic mass is 32.2. The zero-order valence-corrected chi connectivity index (χ0v) is 14.4. The van der Waals surface area contributed by atoms with Crippen molar-refractivity contribution in [3.63, 3.8) is 0 Å². The standard InChI is InChI=1S/C20H15N3OS/c1-3-11-25-20-22-18(13(2)19(24)23-20)17(12-21)16-10-6-8-14-7-4-5-9-15(14)16/h1,4-10,17H,11H2,2H3,(H,22,23,24). The minimum atomic E-state index is -0.626. The number of aromatic nitrogens is 2. The molecule has 2 aromatic carbocycles. The van der Waals surface area contributed by atoms with Crippen LogP contribution in [0.1, 0.15) is 22.7 Å². The number of nitriles is 1. The van der Waals surface area contributed by atoms with Gasteiger partial charge in [-0.2, -0.15) is 5.26 Å². The van der Waals surface area contributed by atoms with Gasteiger partial charge >= 0.3 is 0 Å². The number of thioether (sulfide) groups is 1. The molecule has 1 N–H and O–H groups in total. The highest BCUT2D eigenvalue weighted by molar-refractivity contribution is 7.99. The van der Waals surface area contributed by atoms with E-state index >= 15 is 0 Å². The minimum absolute atomic E-state index is 0.245. The highest BCUT2D eigenvalue weighted by Gasteiger charge is 2.22. The van der Waals surface area contributed by atoms with Crippen molar-refractivity contribution in [1.29, 1.82) is 5.26 Å². The zero-order chi connectivity index (χ0) is 17.8. The summed E-state index contributed by atoms with van der Waals surface area (Å²) in [6, 6.07) is 16.0. The van der Waals surface area contributed by atoms with Crippen LogP contribution in [-0.4, -0.2) is 15.7 Å². The summed E-state index contributed by atoms with van der Waals surface area (Å²) in [4.78, 5) is 19.5. The van der Waals surface area contributed by atoms with Gasteiger partial charge in [0.15, 0.2) is 5.16 Å². The molecule has 0 spiro atoms. The maximum absolute atomic E-state index is 12.3. The summed E-state index contributed by atoms with van der Waals surface area (Å²) in [5, 5.41) is 12.3. The van der Waals surface area contributed by atoms with E-state index in [4.69, 9.17) is 6.42 Å². The molecule has 1 aromatic heterocycles. The summed E-state index contributed by atoms with van der Waals surface area (Å²) in [5.41, 5.74) is 1.52. The van der Waals surface area contributed by atoms with Crippen LogP contribution in [0.4, 0.5) is 0 Å². The van der Waals surface area contributed by atoms with Crippen molar-refractivity contribution in [3.8, 4) is 18.4 Å². The number of aromatic amines is 1. The fraction of sp³-hybridized carbons (Fsp3) is 0.150. The van der Waals surface area contributed by atoms with E-state index in [1.807, 2.05) is 42.5 Å². The molecule has 5 heteroatoms. The predicted octanol–water partition coefficient (Wildman–Crippen LogP) is 3.61. The number of benzene rings is 2. The Hall–Kier alpha value is -3.02. The van der Waals surface area contributed by atoms with Gasteiger partial charge in [0.2, 0.25) is 0 Å². The van der Waals surface area contributed by atoms with Crippen LogP contribution >= 0.6 is 11.8 Å². The molecule has 1 atom stereocenters. The van der Waals surface area contributed by atoms with Gasteiger partial charge in [-0.1, -0.05) is 60.1 Å². The molecule has 4 nitrogen and oxygen atoms in total. The second-order valence-electron chi connectivity index (χ2n) is 5.50. The molecule has 0 aliphatic carbocycles. The van der Waals surface area contributed by atoms with Crippen molar-refractivity contribution in [3.05, 3.63) is 69.6 Å². The second-order valence-corrected chi connectivity index (χ2v) is 6.47. The van der Waals surface area contributed by atoms with Crippen LogP contribution in [-0.2, 0) is 0 Å². The van der Waals surface area contributed by atoms with Gasteiger partial charge in [0.25, 0.3) is 5.56 Å². The number of fused-ring (bicyclic) bond motifs is 1. The summed E-state index contributed by atoms with van der Waals surface area (Å²) in [5.74, 6) is 2.28. The fourth-order valence-electron chi connectivity index (χ4n) is 2.77. The van der Waals surface area contributed by atoms with Gasteiger partial charge in [-0.25, -0.2) is 4.98 Å². The van der Waals surface area contributed by atoms with E-state index in [2.05, 4.69) is 22.0 Å². The van der Waals surface area contributed by atoms with Gasteiger partial charge in [-0.3, -0.25) is 4.79 Å². The topological polar surface area (TPSA) is 69.5 Å². The van der Waals surface area contributed by atoms with E-state index in [1.54, 1.807) is 6.92 Å². The van der Waals surface area contributed by atoms with Crippen LogP contribution in [0, 0.1) is 30.6 Å². The van der Waals surface area contributed by atoms with Crippen molar-refractivity contribution in [2.24, 2.45) is 0 Å². The Bertz CT molecular complexity index is 1070. The summed E-state index contributed by atoms with van der Waals surface area (Å²) in [7, 11) is 0. The third kappa shape index (κ3) is 3.28. The number of H-pyrrole nitrogens is 1. The molecule has 0 fully saturated rings. The molecule has 0 bridgehead atoms. The second kappa shape index (κ2) is 7.25. The van der Waals surface area contributed by atoms with Crippen LogP contribution in [0.2, 0.25) is 0 Å². The normalized spacial score (nSPS) is 11.6. The molecule has 1 heterocycles. The van der Waals surface area contributed by atoms with Crippen molar-refractivity contribution in [2.75, 3.05) is 5.75 Å². The first kappa shape index (κ1) is 16.8. The fourth-order valence-corrected chi connectivity index (χ4v) is 3.32. The number of terminal acetylenes is 1. The molecule has 0 radical (unpaired) electrons. The number of nitrogens with zero attached hydrogens (tertiary/aromatic N) is 2. The molecule has 3 aromatic rings. The molecular formula is C20H15N3OS. The third-order valence-electron chi connectivity index (χ3n) is 4.00. The van der Waals surface area contributed by atoms with Gasteiger partial charge in [0.05, 0.1) is 17.5 Å². The zero-order valence-electron chi connectivity index (χ0n) is 13.6. The largest absolute Gasteiger partial charge is 0.301 e. The van der Waals surface area contributed by atoms with Crippen LogP contribution in [0.15, 0.2) is 52.4 Å². The lowest BCUT2D eigenvalue weighted by Crippen LogP contribution is -2.18. The lowest BCUT2D eigenvalue weighted by molar-refractivity contribution is 0.830. The van der Waals surface area contributed by atoms with E-state index in [0.29, 0.717) is 22.2 Å². The number of hydrogen-bond donors (Lipinski definition) is 1. The number of nitrogens with one attached hydrogen (secondary N) is 1. The van der Waals surface area contributed by atoms with E-state index < -0.39 is 5.92 Å². The quantitative estimate of drug-likeness (QED) is 0.445. The Morgan fingerprint density at radius 2 is 2.04 bits per heavy atom. The first-order valence-electron chi connectivity index (χ1n) is 7.70.